The Kier molecular flexibility index (Phi) is 6.17. The first kappa shape index (κ1) is 26.3. The summed E-state index contributed by atoms with van der Waals surface area (Å²) in [6, 6.07) is 62.8. The predicted molar refractivity (Wildman–Crippen MR) is 193 cm³/mol. The third-order valence-corrected chi connectivity index (χ3v) is 9.02. The normalized spacial score (nSPS) is 11.7. The molecule has 46 heavy (non-hydrogen) atoms. The molecule has 0 N–H and O–H groups in total. The molecule has 0 saturated heterocycles. The lowest BCUT2D eigenvalue weighted by Crippen LogP contribution is -2.10. The summed E-state index contributed by atoms with van der Waals surface area (Å²) in [5.41, 5.74) is 10.2. The van der Waals surface area contributed by atoms with Crippen LogP contribution in [0.3, 0.4) is 0 Å². The lowest BCUT2D eigenvalue weighted by molar-refractivity contribution is 0.488. The minimum atomic E-state index is 0.861. The van der Waals surface area contributed by atoms with Crippen LogP contribution in [0, 0.1) is 0 Å². The number of rotatable bonds is 4. The highest BCUT2D eigenvalue weighted by atomic mass is 16.5. The molecule has 216 valence electrons. The van der Waals surface area contributed by atoms with E-state index in [1.807, 2.05) is 6.07 Å². The molecule has 0 fully saturated rings. The highest BCUT2D eigenvalue weighted by molar-refractivity contribution is 5.99. The molecule has 2 heteroatoms. The van der Waals surface area contributed by atoms with Gasteiger partial charge in [0.15, 0.2) is 0 Å². The van der Waals surface area contributed by atoms with Gasteiger partial charge in [0.25, 0.3) is 0 Å². The Bertz CT molecular complexity index is 2390. The second kappa shape index (κ2) is 10.8. The van der Waals surface area contributed by atoms with Crippen LogP contribution >= 0.6 is 0 Å². The van der Waals surface area contributed by atoms with Gasteiger partial charge < -0.3 is 9.64 Å². The molecule has 0 amide bonds. The quantitative estimate of drug-likeness (QED) is 0.203. The Morgan fingerprint density at radius 2 is 0.891 bits per heavy atom. The zero-order valence-electron chi connectivity index (χ0n) is 25.1. The molecule has 1 aliphatic heterocycles. The minimum Gasteiger partial charge on any atom is -0.456 e. The van der Waals surface area contributed by atoms with Crippen LogP contribution in [0.2, 0.25) is 0 Å². The predicted octanol–water partition coefficient (Wildman–Crippen LogP) is 12.6. The van der Waals surface area contributed by atoms with Crippen molar-refractivity contribution in [3.05, 3.63) is 176 Å². The number of fused-ring (bicyclic) bond motifs is 7. The van der Waals surface area contributed by atoms with Gasteiger partial charge in [-0.25, -0.2) is 0 Å². The number of para-hydroxylation sites is 1. The van der Waals surface area contributed by atoms with E-state index in [2.05, 4.69) is 175 Å². The molecule has 0 saturated carbocycles. The first-order valence-corrected chi connectivity index (χ1v) is 15.7. The molecule has 1 heterocycles. The van der Waals surface area contributed by atoms with Crippen LogP contribution < -0.4 is 9.64 Å². The average Bonchev–Trinajstić information content (AvgIpc) is 3.25. The van der Waals surface area contributed by atoms with E-state index < -0.39 is 0 Å². The van der Waals surface area contributed by atoms with Gasteiger partial charge in [-0.15, -0.1) is 0 Å². The molecule has 0 radical (unpaired) electrons. The Labute approximate surface area is 268 Å². The molecular formula is C44H29NO. The maximum Gasteiger partial charge on any atom is 0.135 e. The molecule has 0 aliphatic carbocycles. The summed E-state index contributed by atoms with van der Waals surface area (Å²) >= 11 is 0. The van der Waals surface area contributed by atoms with Crippen molar-refractivity contribution in [2.75, 3.05) is 4.90 Å². The molecule has 8 aromatic rings. The first-order chi connectivity index (χ1) is 22.8. The lowest BCUT2D eigenvalue weighted by Gasteiger charge is -2.27. The van der Waals surface area contributed by atoms with Gasteiger partial charge in [-0.1, -0.05) is 121 Å². The Morgan fingerprint density at radius 1 is 0.304 bits per heavy atom. The van der Waals surface area contributed by atoms with Crippen molar-refractivity contribution in [3.8, 4) is 44.9 Å². The highest BCUT2D eigenvalue weighted by Gasteiger charge is 2.23. The third kappa shape index (κ3) is 4.51. The number of hydrogen-bond acceptors (Lipinski definition) is 2. The van der Waals surface area contributed by atoms with Crippen molar-refractivity contribution in [3.63, 3.8) is 0 Å². The molecule has 0 unspecified atom stereocenters. The van der Waals surface area contributed by atoms with Crippen molar-refractivity contribution in [1.82, 2.24) is 0 Å². The minimum absolute atomic E-state index is 0.861. The fraction of sp³-hybridized carbons (Fsp3) is 0. The summed E-state index contributed by atoms with van der Waals surface area (Å²) in [5, 5.41) is 4.80. The maximum absolute atomic E-state index is 6.65. The molecule has 0 aromatic heterocycles. The van der Waals surface area contributed by atoms with Gasteiger partial charge in [-0.2, -0.15) is 0 Å². The van der Waals surface area contributed by atoms with Crippen molar-refractivity contribution in [2.45, 2.75) is 0 Å². The average molecular weight is 588 g/mol. The molecule has 2 nitrogen and oxygen atoms in total. The van der Waals surface area contributed by atoms with E-state index in [0.717, 1.165) is 50.8 Å². The maximum atomic E-state index is 6.65. The molecule has 0 spiro atoms. The van der Waals surface area contributed by atoms with Crippen LogP contribution in [-0.4, -0.2) is 0 Å². The SMILES string of the molecule is c1ccc(-c2ccc(N(c3ccc4c(c3)-c3ccccc3Oc3cc5ccccc5cc3-4)c3ccc4ccccc4c3)cc2)cc1. The van der Waals surface area contributed by atoms with Gasteiger partial charge >= 0.3 is 0 Å². The molecule has 0 atom stereocenters. The highest BCUT2D eigenvalue weighted by Crippen LogP contribution is 2.50. The van der Waals surface area contributed by atoms with Gasteiger partial charge in [0.1, 0.15) is 11.5 Å². The smallest absolute Gasteiger partial charge is 0.135 e. The second-order valence-electron chi connectivity index (χ2n) is 11.8. The van der Waals surface area contributed by atoms with E-state index in [1.165, 1.54) is 32.7 Å². The standard InChI is InChI=1S/C44H29NO/c1-2-10-30(11-3-1)32-18-21-36(22-19-32)45(37-23-20-31-12-4-5-13-33(31)26-37)38-24-25-39-41(29-38)40-16-8-9-17-43(40)46-44-28-35-15-7-6-14-34(35)27-42(39)44/h1-29H. The van der Waals surface area contributed by atoms with Crippen LogP contribution in [0.4, 0.5) is 17.1 Å². The van der Waals surface area contributed by atoms with Gasteiger partial charge in [-0.3, -0.25) is 0 Å². The molecule has 8 aromatic carbocycles. The van der Waals surface area contributed by atoms with E-state index >= 15 is 0 Å². The zero-order chi connectivity index (χ0) is 30.5. The first-order valence-electron chi connectivity index (χ1n) is 15.7. The third-order valence-electron chi connectivity index (χ3n) is 9.02. The van der Waals surface area contributed by atoms with E-state index in [4.69, 9.17) is 4.74 Å². The zero-order valence-corrected chi connectivity index (χ0v) is 25.1. The summed E-state index contributed by atoms with van der Waals surface area (Å²) < 4.78 is 6.65. The van der Waals surface area contributed by atoms with E-state index in [9.17, 15) is 0 Å². The number of hydrogen-bond donors (Lipinski definition) is 0. The molecular weight excluding hydrogens is 558 g/mol. The summed E-state index contributed by atoms with van der Waals surface area (Å²) in [5.74, 6) is 1.74. The van der Waals surface area contributed by atoms with Crippen LogP contribution in [0.15, 0.2) is 176 Å². The summed E-state index contributed by atoms with van der Waals surface area (Å²) in [6.45, 7) is 0. The number of ether oxygens (including phenoxy) is 1. The van der Waals surface area contributed by atoms with Crippen molar-refractivity contribution < 1.29 is 4.74 Å². The van der Waals surface area contributed by atoms with Gasteiger partial charge in [0, 0.05) is 28.2 Å². The van der Waals surface area contributed by atoms with Crippen LogP contribution in [0.1, 0.15) is 0 Å². The summed E-state index contributed by atoms with van der Waals surface area (Å²) in [6.07, 6.45) is 0. The van der Waals surface area contributed by atoms with Gasteiger partial charge in [0.2, 0.25) is 0 Å². The van der Waals surface area contributed by atoms with Crippen LogP contribution in [0.5, 0.6) is 11.5 Å². The molecule has 1 aliphatic rings. The monoisotopic (exact) mass is 587 g/mol. The van der Waals surface area contributed by atoms with E-state index in [1.54, 1.807) is 0 Å². The van der Waals surface area contributed by atoms with Gasteiger partial charge in [0.05, 0.1) is 0 Å². The van der Waals surface area contributed by atoms with Crippen LogP contribution in [-0.2, 0) is 0 Å². The van der Waals surface area contributed by atoms with E-state index in [0.29, 0.717) is 0 Å². The fourth-order valence-corrected chi connectivity index (χ4v) is 6.74. The topological polar surface area (TPSA) is 12.5 Å². The summed E-state index contributed by atoms with van der Waals surface area (Å²) in [4.78, 5) is 2.36. The van der Waals surface area contributed by atoms with Crippen molar-refractivity contribution >= 4 is 38.6 Å². The Morgan fingerprint density at radius 3 is 1.70 bits per heavy atom. The Balaban J connectivity index is 1.25. The molecule has 0 bridgehead atoms. The molecule has 9 rings (SSSR count). The van der Waals surface area contributed by atoms with Crippen molar-refractivity contribution in [2.24, 2.45) is 0 Å². The Hall–Kier alpha value is -6.12. The van der Waals surface area contributed by atoms with Crippen LogP contribution in [0.25, 0.3) is 54.9 Å². The van der Waals surface area contributed by atoms with Gasteiger partial charge in [-0.05, 0) is 98.4 Å². The lowest BCUT2D eigenvalue weighted by atomic mass is 9.92. The van der Waals surface area contributed by atoms with E-state index in [-0.39, 0.29) is 0 Å². The largest absolute Gasteiger partial charge is 0.456 e. The fourth-order valence-electron chi connectivity index (χ4n) is 6.74. The number of nitrogens with zero attached hydrogens (tertiary/aromatic N) is 1. The number of benzene rings is 8. The summed E-state index contributed by atoms with van der Waals surface area (Å²) in [7, 11) is 0. The number of anilines is 3. The van der Waals surface area contributed by atoms with Crippen molar-refractivity contribution in [1.29, 1.82) is 0 Å². The second-order valence-corrected chi connectivity index (χ2v) is 11.8.